The number of guanidine groups is 1. The Labute approximate surface area is 183 Å². The number of alkyl halides is 3. The normalized spacial score (nSPS) is 14.9. The Kier molecular flexibility index (Phi) is 8.35. The van der Waals surface area contributed by atoms with Crippen LogP contribution in [-0.2, 0) is 6.54 Å². The van der Waals surface area contributed by atoms with Gasteiger partial charge in [0.1, 0.15) is 6.10 Å². The Hall–Kier alpha value is -2.24. The Morgan fingerprint density at radius 3 is 2.66 bits per heavy atom. The van der Waals surface area contributed by atoms with Crippen LogP contribution < -0.4 is 20.5 Å². The van der Waals surface area contributed by atoms with Gasteiger partial charge in [-0.15, -0.1) is 37.1 Å². The van der Waals surface area contributed by atoms with Gasteiger partial charge in [-0.1, -0.05) is 12.1 Å². The van der Waals surface area contributed by atoms with Gasteiger partial charge in [0.2, 0.25) is 5.88 Å². The average molecular weight is 522 g/mol. The Balaban J connectivity index is 0.00000300. The molecule has 1 saturated carbocycles. The number of aliphatic imine (C=N–C) groups is 1. The van der Waals surface area contributed by atoms with Gasteiger partial charge in [0.15, 0.2) is 11.7 Å². The van der Waals surface area contributed by atoms with Gasteiger partial charge >= 0.3 is 6.36 Å². The maximum absolute atomic E-state index is 12.5. The summed E-state index contributed by atoms with van der Waals surface area (Å²) in [6.07, 6.45) is 1.41. The topological polar surface area (TPSA) is 81.8 Å². The van der Waals surface area contributed by atoms with E-state index in [9.17, 15) is 13.2 Å². The third-order valence-corrected chi connectivity index (χ3v) is 4.20. The molecule has 1 aromatic carbocycles. The highest BCUT2D eigenvalue weighted by Gasteiger charge is 2.32. The van der Waals surface area contributed by atoms with Crippen LogP contribution in [0.3, 0.4) is 0 Å². The summed E-state index contributed by atoms with van der Waals surface area (Å²) >= 11 is 0. The first-order valence-corrected chi connectivity index (χ1v) is 8.92. The quantitative estimate of drug-likeness (QED) is 0.322. The minimum atomic E-state index is -4.80. The van der Waals surface area contributed by atoms with Crippen LogP contribution in [0.2, 0.25) is 0 Å². The zero-order chi connectivity index (χ0) is 20.0. The number of anilines is 1. The molecule has 0 unspecified atom stereocenters. The van der Waals surface area contributed by atoms with E-state index < -0.39 is 6.36 Å². The molecule has 29 heavy (non-hydrogen) atoms. The van der Waals surface area contributed by atoms with Crippen LogP contribution in [0.5, 0.6) is 11.6 Å². The van der Waals surface area contributed by atoms with E-state index in [4.69, 9.17) is 10.5 Å². The molecule has 0 saturated heterocycles. The molecule has 0 amide bonds. The summed E-state index contributed by atoms with van der Waals surface area (Å²) in [4.78, 5) is 8.37. The van der Waals surface area contributed by atoms with Crippen molar-refractivity contribution in [3.63, 3.8) is 0 Å². The largest absolute Gasteiger partial charge is 0.573 e. The monoisotopic (exact) mass is 522 g/mol. The number of ether oxygens (including phenoxy) is 2. The molecule has 1 aliphatic rings. The van der Waals surface area contributed by atoms with Crippen molar-refractivity contribution < 1.29 is 22.6 Å². The molecule has 1 aromatic heterocycles. The first kappa shape index (κ1) is 23.0. The number of pyridine rings is 1. The van der Waals surface area contributed by atoms with E-state index in [1.54, 1.807) is 24.4 Å². The molecule has 0 atom stereocenters. The maximum Gasteiger partial charge on any atom is 0.573 e. The van der Waals surface area contributed by atoms with Gasteiger partial charge in [0, 0.05) is 12.3 Å². The van der Waals surface area contributed by atoms with E-state index >= 15 is 0 Å². The zero-order valence-corrected chi connectivity index (χ0v) is 17.8. The van der Waals surface area contributed by atoms with Crippen molar-refractivity contribution in [2.45, 2.75) is 44.7 Å². The Bertz CT molecular complexity index is 827. The second kappa shape index (κ2) is 10.5. The molecule has 3 N–H and O–H groups in total. The van der Waals surface area contributed by atoms with E-state index in [1.807, 2.05) is 0 Å². The Morgan fingerprint density at radius 1 is 1.21 bits per heavy atom. The molecular formula is C19H22F3IN4O2. The van der Waals surface area contributed by atoms with Crippen molar-refractivity contribution in [3.8, 4) is 11.6 Å². The summed E-state index contributed by atoms with van der Waals surface area (Å²) in [5.74, 6) is 0.118. The molecule has 0 aliphatic heterocycles. The lowest BCUT2D eigenvalue weighted by atomic mass is 10.2. The highest BCUT2D eigenvalue weighted by Crippen LogP contribution is 2.29. The van der Waals surface area contributed by atoms with Crippen LogP contribution in [0.15, 0.2) is 47.6 Å². The van der Waals surface area contributed by atoms with Gasteiger partial charge in [-0.3, -0.25) is 0 Å². The lowest BCUT2D eigenvalue weighted by Gasteiger charge is -2.14. The molecule has 3 rings (SSSR count). The molecule has 10 heteroatoms. The number of hydrogen-bond donors (Lipinski definition) is 2. The second-order valence-electron chi connectivity index (χ2n) is 6.40. The maximum atomic E-state index is 12.5. The number of para-hydroxylation sites is 2. The van der Waals surface area contributed by atoms with Crippen LogP contribution in [0.1, 0.15) is 31.2 Å². The molecular weight excluding hydrogens is 500 g/mol. The summed E-state index contributed by atoms with van der Waals surface area (Å²) in [7, 11) is 0. The van der Waals surface area contributed by atoms with Gasteiger partial charge in [-0.05, 0) is 49.4 Å². The van der Waals surface area contributed by atoms with E-state index in [0.29, 0.717) is 5.88 Å². The third kappa shape index (κ3) is 7.59. The lowest BCUT2D eigenvalue weighted by molar-refractivity contribution is -0.274. The van der Waals surface area contributed by atoms with Crippen LogP contribution in [0.4, 0.5) is 18.9 Å². The second-order valence-corrected chi connectivity index (χ2v) is 6.40. The Morgan fingerprint density at radius 2 is 1.93 bits per heavy atom. The zero-order valence-electron chi connectivity index (χ0n) is 15.5. The fraction of sp³-hybridized carbons (Fsp3) is 0.368. The summed E-state index contributed by atoms with van der Waals surface area (Å²) in [6, 6.07) is 9.17. The predicted octanol–water partition coefficient (Wildman–Crippen LogP) is 4.85. The van der Waals surface area contributed by atoms with Gasteiger partial charge in [0.25, 0.3) is 0 Å². The van der Waals surface area contributed by atoms with Gasteiger partial charge < -0.3 is 20.5 Å². The van der Waals surface area contributed by atoms with E-state index in [-0.39, 0.29) is 54.0 Å². The van der Waals surface area contributed by atoms with Crippen LogP contribution >= 0.6 is 24.0 Å². The number of aromatic nitrogens is 1. The minimum Gasteiger partial charge on any atom is -0.474 e. The number of halogens is 4. The van der Waals surface area contributed by atoms with Crippen LogP contribution in [0.25, 0.3) is 0 Å². The molecule has 1 fully saturated rings. The summed E-state index contributed by atoms with van der Waals surface area (Å²) < 4.78 is 47.3. The van der Waals surface area contributed by atoms with Crippen molar-refractivity contribution in [2.24, 2.45) is 10.7 Å². The standard InChI is InChI=1S/C19H21F3N4O2.HI/c20-19(21,22)28-16-8-4-3-7-15(16)26-18(23)25-12-13-9-10-24-17(11-13)27-14-5-1-2-6-14;/h3-4,7-11,14H,1-2,5-6,12H2,(H3,23,25,26);1H. The van der Waals surface area contributed by atoms with Crippen molar-refractivity contribution in [2.75, 3.05) is 5.32 Å². The summed E-state index contributed by atoms with van der Waals surface area (Å²) in [5, 5.41) is 2.63. The first-order chi connectivity index (χ1) is 13.4. The van der Waals surface area contributed by atoms with Gasteiger partial charge in [-0.2, -0.15) is 0 Å². The number of nitrogens with one attached hydrogen (secondary N) is 1. The minimum absolute atomic E-state index is 0. The highest BCUT2D eigenvalue weighted by atomic mass is 127. The van der Waals surface area contributed by atoms with Crippen LogP contribution in [0, 0.1) is 0 Å². The first-order valence-electron chi connectivity index (χ1n) is 8.92. The number of rotatable bonds is 6. The van der Waals surface area contributed by atoms with Crippen molar-refractivity contribution in [3.05, 3.63) is 48.2 Å². The summed E-state index contributed by atoms with van der Waals surface area (Å²) in [6.45, 7) is 0.227. The summed E-state index contributed by atoms with van der Waals surface area (Å²) in [5.41, 5.74) is 6.71. The smallest absolute Gasteiger partial charge is 0.474 e. The van der Waals surface area contributed by atoms with Crippen LogP contribution in [-0.4, -0.2) is 23.4 Å². The fourth-order valence-electron chi connectivity index (χ4n) is 2.93. The fourth-order valence-corrected chi connectivity index (χ4v) is 2.93. The number of nitrogens with zero attached hydrogens (tertiary/aromatic N) is 2. The van der Waals surface area contributed by atoms with Gasteiger partial charge in [0.05, 0.1) is 12.2 Å². The van der Waals surface area contributed by atoms with Crippen molar-refractivity contribution in [1.29, 1.82) is 0 Å². The van der Waals surface area contributed by atoms with E-state index in [2.05, 4.69) is 20.0 Å². The molecule has 158 valence electrons. The molecule has 1 aliphatic carbocycles. The lowest BCUT2D eigenvalue weighted by Crippen LogP contribution is -2.24. The predicted molar refractivity (Wildman–Crippen MR) is 115 cm³/mol. The van der Waals surface area contributed by atoms with Gasteiger partial charge in [-0.25, -0.2) is 9.98 Å². The highest BCUT2D eigenvalue weighted by molar-refractivity contribution is 14.0. The molecule has 1 heterocycles. The molecule has 0 bridgehead atoms. The van der Waals surface area contributed by atoms with Crippen molar-refractivity contribution >= 4 is 35.6 Å². The van der Waals surface area contributed by atoms with E-state index in [1.165, 1.54) is 18.2 Å². The molecule has 6 nitrogen and oxygen atoms in total. The average Bonchev–Trinajstić information content (AvgIpc) is 3.14. The number of benzene rings is 1. The molecule has 0 spiro atoms. The number of nitrogens with two attached hydrogens (primary N) is 1. The number of hydrogen-bond acceptors (Lipinski definition) is 4. The third-order valence-electron chi connectivity index (χ3n) is 4.20. The van der Waals surface area contributed by atoms with E-state index in [0.717, 1.165) is 31.2 Å². The molecule has 2 aromatic rings. The SMILES string of the molecule is I.NC(=NCc1ccnc(OC2CCCC2)c1)Nc1ccccc1OC(F)(F)F. The molecule has 0 radical (unpaired) electrons. The van der Waals surface area contributed by atoms with Crippen molar-refractivity contribution in [1.82, 2.24) is 4.98 Å².